The molecule has 0 amide bonds. The molecule has 2 aromatic rings. The van der Waals surface area contributed by atoms with Crippen molar-refractivity contribution < 1.29 is 0 Å². The second-order valence-electron chi connectivity index (χ2n) is 3.80. The summed E-state index contributed by atoms with van der Waals surface area (Å²) in [6, 6.07) is 5.57. The van der Waals surface area contributed by atoms with Crippen LogP contribution in [0.25, 0.3) is 0 Å². The molecule has 0 saturated heterocycles. The third-order valence-electron chi connectivity index (χ3n) is 2.58. The second-order valence-corrected chi connectivity index (χ2v) is 4.64. The van der Waals surface area contributed by atoms with E-state index in [1.165, 1.54) is 0 Å². The first-order valence-electron chi connectivity index (χ1n) is 5.52. The van der Waals surface area contributed by atoms with E-state index in [4.69, 9.17) is 23.2 Å². The summed E-state index contributed by atoms with van der Waals surface area (Å²) in [6.07, 6.45) is 3.64. The van der Waals surface area contributed by atoms with Crippen LogP contribution in [-0.2, 0) is 19.4 Å². The molecule has 0 bridgehead atoms. The summed E-state index contributed by atoms with van der Waals surface area (Å²) < 4.78 is 1.82. The zero-order valence-electron chi connectivity index (χ0n) is 9.53. The lowest BCUT2D eigenvalue weighted by Gasteiger charge is -2.02. The van der Waals surface area contributed by atoms with Crippen LogP contribution < -0.4 is 0 Å². The lowest BCUT2D eigenvalue weighted by atomic mass is 10.1. The van der Waals surface area contributed by atoms with Gasteiger partial charge in [-0.3, -0.25) is 4.68 Å². The zero-order valence-corrected chi connectivity index (χ0v) is 11.0. The van der Waals surface area contributed by atoms with Crippen molar-refractivity contribution in [3.8, 4) is 0 Å². The number of hydrogen-bond donors (Lipinski definition) is 0. The molecule has 0 N–H and O–H groups in total. The lowest BCUT2D eigenvalue weighted by Crippen LogP contribution is -1.93. The monoisotopic (exact) mass is 269 g/mol. The van der Waals surface area contributed by atoms with Crippen molar-refractivity contribution in [1.29, 1.82) is 0 Å². The quantitative estimate of drug-likeness (QED) is 0.852. The third kappa shape index (κ3) is 3.20. The summed E-state index contributed by atoms with van der Waals surface area (Å²) in [4.78, 5) is 0. The molecule has 0 saturated carbocycles. The Morgan fingerprint density at radius 1 is 1.24 bits per heavy atom. The number of halogens is 2. The van der Waals surface area contributed by atoms with Gasteiger partial charge in [-0.1, -0.05) is 34.5 Å². The first-order valence-corrected chi connectivity index (χ1v) is 6.27. The number of hydrogen-bond acceptors (Lipinski definition) is 2. The minimum Gasteiger partial charge on any atom is -0.253 e. The van der Waals surface area contributed by atoms with Gasteiger partial charge in [-0.25, -0.2) is 0 Å². The summed E-state index contributed by atoms with van der Waals surface area (Å²) in [5, 5.41) is 9.46. The van der Waals surface area contributed by atoms with Gasteiger partial charge in [-0.05, 0) is 37.5 Å². The van der Waals surface area contributed by atoms with Gasteiger partial charge in [0.2, 0.25) is 0 Å². The Morgan fingerprint density at radius 2 is 2.06 bits per heavy atom. The average Bonchev–Trinajstić information content (AvgIpc) is 2.76. The van der Waals surface area contributed by atoms with Gasteiger partial charge in [-0.2, -0.15) is 0 Å². The molecule has 0 radical (unpaired) electrons. The minimum atomic E-state index is 0.663. The summed E-state index contributed by atoms with van der Waals surface area (Å²) in [7, 11) is 0. The van der Waals surface area contributed by atoms with E-state index in [0.717, 1.165) is 30.6 Å². The molecule has 0 aliphatic heterocycles. The average molecular weight is 270 g/mol. The molecule has 0 fully saturated rings. The van der Waals surface area contributed by atoms with Crippen LogP contribution in [-0.4, -0.2) is 15.0 Å². The Hall–Kier alpha value is -1.06. The minimum absolute atomic E-state index is 0.663. The summed E-state index contributed by atoms with van der Waals surface area (Å²) in [5.41, 5.74) is 2.07. The van der Waals surface area contributed by atoms with Gasteiger partial charge in [0.15, 0.2) is 0 Å². The third-order valence-corrected chi connectivity index (χ3v) is 3.16. The molecule has 2 rings (SSSR count). The van der Waals surface area contributed by atoms with Crippen molar-refractivity contribution in [3.63, 3.8) is 0 Å². The van der Waals surface area contributed by atoms with Gasteiger partial charge >= 0.3 is 0 Å². The highest BCUT2D eigenvalue weighted by atomic mass is 35.5. The van der Waals surface area contributed by atoms with Gasteiger partial charge < -0.3 is 0 Å². The number of aryl methyl sites for hydroxylation is 3. The maximum Gasteiger partial charge on any atom is 0.0830 e. The Morgan fingerprint density at radius 3 is 2.71 bits per heavy atom. The molecular weight excluding hydrogens is 257 g/mol. The topological polar surface area (TPSA) is 30.7 Å². The van der Waals surface area contributed by atoms with E-state index in [1.54, 1.807) is 6.07 Å². The van der Waals surface area contributed by atoms with Gasteiger partial charge in [0, 0.05) is 22.8 Å². The van der Waals surface area contributed by atoms with E-state index < -0.39 is 0 Å². The Labute approximate surface area is 110 Å². The molecule has 90 valence electrons. The van der Waals surface area contributed by atoms with E-state index in [9.17, 15) is 0 Å². The molecule has 1 aromatic carbocycles. The van der Waals surface area contributed by atoms with Gasteiger partial charge in [0.25, 0.3) is 0 Å². The molecule has 0 spiro atoms. The molecule has 0 aliphatic carbocycles. The Kier molecular flexibility index (Phi) is 4.02. The van der Waals surface area contributed by atoms with Gasteiger partial charge in [0.1, 0.15) is 0 Å². The van der Waals surface area contributed by atoms with Crippen molar-refractivity contribution >= 4 is 23.2 Å². The molecule has 5 heteroatoms. The lowest BCUT2D eigenvalue weighted by molar-refractivity contribution is 0.626. The van der Waals surface area contributed by atoms with E-state index in [0.29, 0.717) is 10.0 Å². The van der Waals surface area contributed by atoms with Crippen LogP contribution in [0.15, 0.2) is 24.4 Å². The molecule has 0 unspecified atom stereocenters. The maximum atomic E-state index is 6.10. The fraction of sp³-hybridized carbons (Fsp3) is 0.333. The van der Waals surface area contributed by atoms with Crippen molar-refractivity contribution in [2.45, 2.75) is 26.3 Å². The molecule has 3 nitrogen and oxygen atoms in total. The molecular formula is C12H13Cl2N3. The highest BCUT2D eigenvalue weighted by molar-refractivity contribution is 6.35. The van der Waals surface area contributed by atoms with Crippen LogP contribution in [0.2, 0.25) is 10.0 Å². The van der Waals surface area contributed by atoms with E-state index in [1.807, 2.05) is 29.9 Å². The number of aromatic nitrogens is 3. The first kappa shape index (κ1) is 12.4. The van der Waals surface area contributed by atoms with E-state index in [2.05, 4.69) is 10.3 Å². The summed E-state index contributed by atoms with van der Waals surface area (Å²) in [5.74, 6) is 0. The fourth-order valence-corrected chi connectivity index (χ4v) is 2.10. The van der Waals surface area contributed by atoms with Gasteiger partial charge in [0.05, 0.1) is 5.69 Å². The SMILES string of the molecule is CCn1cc(CCc2ccc(Cl)cc2Cl)nn1. The maximum absolute atomic E-state index is 6.10. The molecule has 1 aromatic heterocycles. The molecule has 0 aliphatic rings. The largest absolute Gasteiger partial charge is 0.253 e. The fourth-order valence-electron chi connectivity index (χ4n) is 1.59. The highest BCUT2D eigenvalue weighted by Gasteiger charge is 2.04. The number of nitrogens with zero attached hydrogens (tertiary/aromatic N) is 3. The van der Waals surface area contributed by atoms with Crippen molar-refractivity contribution in [2.24, 2.45) is 0 Å². The smallest absolute Gasteiger partial charge is 0.0830 e. The second kappa shape index (κ2) is 5.52. The van der Waals surface area contributed by atoms with Crippen LogP contribution in [0.3, 0.4) is 0 Å². The van der Waals surface area contributed by atoms with Gasteiger partial charge in [-0.15, -0.1) is 5.10 Å². The highest BCUT2D eigenvalue weighted by Crippen LogP contribution is 2.22. The Bertz CT molecular complexity index is 508. The van der Waals surface area contributed by atoms with Crippen molar-refractivity contribution in [2.75, 3.05) is 0 Å². The first-order chi connectivity index (χ1) is 8.19. The molecule has 0 atom stereocenters. The van der Waals surface area contributed by atoms with Crippen LogP contribution >= 0.6 is 23.2 Å². The van der Waals surface area contributed by atoms with Crippen LogP contribution in [0, 0.1) is 0 Å². The number of benzene rings is 1. The predicted molar refractivity (Wildman–Crippen MR) is 69.6 cm³/mol. The van der Waals surface area contributed by atoms with Crippen molar-refractivity contribution in [3.05, 3.63) is 45.7 Å². The predicted octanol–water partition coefficient (Wildman–Crippen LogP) is 3.39. The standard InChI is InChI=1S/C12H13Cl2N3/c1-2-17-8-11(15-16-17)6-4-9-3-5-10(13)7-12(9)14/h3,5,7-8H,2,4,6H2,1H3. The van der Waals surface area contributed by atoms with E-state index >= 15 is 0 Å². The summed E-state index contributed by atoms with van der Waals surface area (Å²) in [6.45, 7) is 2.88. The summed E-state index contributed by atoms with van der Waals surface area (Å²) >= 11 is 11.9. The van der Waals surface area contributed by atoms with Crippen molar-refractivity contribution in [1.82, 2.24) is 15.0 Å². The molecule has 1 heterocycles. The Balaban J connectivity index is 2.02. The van der Waals surface area contributed by atoms with Crippen LogP contribution in [0.5, 0.6) is 0 Å². The molecule has 17 heavy (non-hydrogen) atoms. The normalized spacial score (nSPS) is 10.8. The number of rotatable bonds is 4. The van der Waals surface area contributed by atoms with Crippen LogP contribution in [0.4, 0.5) is 0 Å². The van der Waals surface area contributed by atoms with E-state index in [-0.39, 0.29) is 0 Å². The van der Waals surface area contributed by atoms with Crippen LogP contribution in [0.1, 0.15) is 18.2 Å². The zero-order chi connectivity index (χ0) is 12.3.